The SMILES string of the molecule is CS(=O)(=O)c1nc(C(=O)N2CCC(Cc3ccccc3)CC2)c2ccccn12. The van der Waals surface area contributed by atoms with Crippen molar-refractivity contribution in [1.82, 2.24) is 14.3 Å². The van der Waals surface area contributed by atoms with Gasteiger partial charge in [0.15, 0.2) is 5.69 Å². The third-order valence-corrected chi connectivity index (χ3v) is 6.27. The molecule has 7 heteroatoms. The van der Waals surface area contributed by atoms with Gasteiger partial charge in [0, 0.05) is 25.5 Å². The Morgan fingerprint density at radius 2 is 1.75 bits per heavy atom. The molecule has 0 saturated carbocycles. The molecular weight excluding hydrogens is 374 g/mol. The summed E-state index contributed by atoms with van der Waals surface area (Å²) in [6.45, 7) is 1.33. The summed E-state index contributed by atoms with van der Waals surface area (Å²) in [6, 6.07) is 15.7. The first-order chi connectivity index (χ1) is 13.4. The smallest absolute Gasteiger partial charge is 0.274 e. The number of amides is 1. The van der Waals surface area contributed by atoms with Crippen LogP contribution in [0.15, 0.2) is 59.9 Å². The highest BCUT2D eigenvalue weighted by atomic mass is 32.2. The molecule has 4 rings (SSSR count). The number of hydrogen-bond donors (Lipinski definition) is 0. The van der Waals surface area contributed by atoms with E-state index in [9.17, 15) is 13.2 Å². The third kappa shape index (κ3) is 3.67. The van der Waals surface area contributed by atoms with Gasteiger partial charge in [-0.2, -0.15) is 0 Å². The van der Waals surface area contributed by atoms with E-state index in [4.69, 9.17) is 0 Å². The fourth-order valence-electron chi connectivity index (χ4n) is 3.87. The van der Waals surface area contributed by atoms with Crippen LogP contribution in [0.1, 0.15) is 28.9 Å². The van der Waals surface area contributed by atoms with Crippen molar-refractivity contribution in [3.8, 4) is 0 Å². The first kappa shape index (κ1) is 18.7. The van der Waals surface area contributed by atoms with Gasteiger partial charge in [-0.3, -0.25) is 9.20 Å². The van der Waals surface area contributed by atoms with Crippen LogP contribution >= 0.6 is 0 Å². The van der Waals surface area contributed by atoms with Crippen LogP contribution in [-0.2, 0) is 16.3 Å². The van der Waals surface area contributed by atoms with E-state index in [0.717, 1.165) is 25.5 Å². The minimum absolute atomic E-state index is 0.0922. The van der Waals surface area contributed by atoms with Crippen LogP contribution in [0.25, 0.3) is 5.52 Å². The van der Waals surface area contributed by atoms with Crippen LogP contribution in [-0.4, -0.2) is 48.0 Å². The molecular formula is C21H23N3O3S. The van der Waals surface area contributed by atoms with E-state index < -0.39 is 9.84 Å². The van der Waals surface area contributed by atoms with Crippen molar-refractivity contribution < 1.29 is 13.2 Å². The second-order valence-corrected chi connectivity index (χ2v) is 9.31. The zero-order valence-electron chi connectivity index (χ0n) is 15.8. The Balaban J connectivity index is 1.52. The predicted molar refractivity (Wildman–Crippen MR) is 107 cm³/mol. The topological polar surface area (TPSA) is 71.7 Å². The number of nitrogens with zero attached hydrogens (tertiary/aromatic N) is 3. The number of piperidine rings is 1. The Morgan fingerprint density at radius 3 is 2.43 bits per heavy atom. The molecule has 6 nitrogen and oxygen atoms in total. The first-order valence-electron chi connectivity index (χ1n) is 9.44. The number of carbonyl (C=O) groups excluding carboxylic acids is 1. The quantitative estimate of drug-likeness (QED) is 0.679. The number of likely N-dealkylation sites (tertiary alicyclic amines) is 1. The molecule has 1 amide bonds. The predicted octanol–water partition coefficient (Wildman–Crippen LogP) is 2.83. The number of hydrogen-bond acceptors (Lipinski definition) is 4. The molecule has 1 aliphatic heterocycles. The maximum atomic E-state index is 13.1. The molecule has 3 heterocycles. The maximum Gasteiger partial charge on any atom is 0.274 e. The average Bonchev–Trinajstić information content (AvgIpc) is 3.09. The van der Waals surface area contributed by atoms with Crippen LogP contribution in [0.5, 0.6) is 0 Å². The van der Waals surface area contributed by atoms with Gasteiger partial charge in [0.2, 0.25) is 15.0 Å². The lowest BCUT2D eigenvalue weighted by molar-refractivity contribution is 0.0687. The number of rotatable bonds is 4. The van der Waals surface area contributed by atoms with Crippen LogP contribution in [0, 0.1) is 5.92 Å². The Bertz CT molecular complexity index is 1100. The van der Waals surface area contributed by atoms with Gasteiger partial charge >= 0.3 is 0 Å². The maximum absolute atomic E-state index is 13.1. The highest BCUT2D eigenvalue weighted by Crippen LogP contribution is 2.24. The van der Waals surface area contributed by atoms with Gasteiger partial charge in [-0.25, -0.2) is 13.4 Å². The normalized spacial score (nSPS) is 15.8. The Morgan fingerprint density at radius 1 is 1.07 bits per heavy atom. The Labute approximate surface area is 164 Å². The zero-order valence-corrected chi connectivity index (χ0v) is 16.6. The van der Waals surface area contributed by atoms with E-state index in [1.54, 1.807) is 29.3 Å². The van der Waals surface area contributed by atoms with Gasteiger partial charge in [-0.1, -0.05) is 36.4 Å². The molecule has 0 N–H and O–H groups in total. The summed E-state index contributed by atoms with van der Waals surface area (Å²) < 4.78 is 25.6. The molecule has 1 saturated heterocycles. The number of carbonyl (C=O) groups is 1. The minimum Gasteiger partial charge on any atom is -0.337 e. The first-order valence-corrected chi connectivity index (χ1v) is 11.3. The van der Waals surface area contributed by atoms with Gasteiger partial charge in [-0.15, -0.1) is 0 Å². The van der Waals surface area contributed by atoms with Crippen molar-refractivity contribution >= 4 is 21.3 Å². The van der Waals surface area contributed by atoms with Crippen LogP contribution in [0.2, 0.25) is 0 Å². The number of benzene rings is 1. The monoisotopic (exact) mass is 397 g/mol. The Kier molecular flexibility index (Phi) is 4.93. The van der Waals surface area contributed by atoms with Crippen molar-refractivity contribution in [2.45, 2.75) is 24.4 Å². The minimum atomic E-state index is -3.54. The second-order valence-electron chi connectivity index (χ2n) is 7.40. The van der Waals surface area contributed by atoms with E-state index in [0.29, 0.717) is 24.5 Å². The molecule has 0 unspecified atom stereocenters. The van der Waals surface area contributed by atoms with E-state index in [-0.39, 0.29) is 16.8 Å². The molecule has 1 fully saturated rings. The summed E-state index contributed by atoms with van der Waals surface area (Å²) in [7, 11) is -3.54. The molecule has 3 aromatic rings. The summed E-state index contributed by atoms with van der Waals surface area (Å²) in [6.07, 6.45) is 5.63. The molecule has 0 spiro atoms. The van der Waals surface area contributed by atoms with Crippen molar-refractivity contribution in [2.24, 2.45) is 5.92 Å². The molecule has 1 aromatic carbocycles. The third-order valence-electron chi connectivity index (χ3n) is 5.32. The number of sulfone groups is 1. The molecule has 2 aromatic heterocycles. The van der Waals surface area contributed by atoms with E-state index in [1.807, 2.05) is 6.07 Å². The second kappa shape index (κ2) is 7.39. The summed E-state index contributed by atoms with van der Waals surface area (Å²) in [5, 5.41) is -0.0922. The van der Waals surface area contributed by atoms with Crippen molar-refractivity contribution in [3.63, 3.8) is 0 Å². The van der Waals surface area contributed by atoms with Crippen molar-refractivity contribution in [1.29, 1.82) is 0 Å². The molecule has 0 aliphatic carbocycles. The molecule has 0 atom stereocenters. The number of pyridine rings is 1. The molecule has 0 radical (unpaired) electrons. The van der Waals surface area contributed by atoms with Gasteiger partial charge in [0.25, 0.3) is 5.91 Å². The summed E-state index contributed by atoms with van der Waals surface area (Å²) in [5.74, 6) is 0.355. The average molecular weight is 398 g/mol. The van der Waals surface area contributed by atoms with E-state index in [1.165, 1.54) is 9.96 Å². The highest BCUT2D eigenvalue weighted by molar-refractivity contribution is 7.90. The van der Waals surface area contributed by atoms with Crippen LogP contribution < -0.4 is 0 Å². The summed E-state index contributed by atoms with van der Waals surface area (Å²) >= 11 is 0. The van der Waals surface area contributed by atoms with Crippen molar-refractivity contribution in [3.05, 3.63) is 66.0 Å². The lowest BCUT2D eigenvalue weighted by Crippen LogP contribution is -2.39. The Hall–Kier alpha value is -2.67. The van der Waals surface area contributed by atoms with Crippen LogP contribution in [0.4, 0.5) is 0 Å². The van der Waals surface area contributed by atoms with Gasteiger partial charge in [0.1, 0.15) is 0 Å². The standard InChI is InChI=1S/C21H23N3O3S/c1-28(26,27)21-22-19(18-9-5-6-12-24(18)21)20(25)23-13-10-17(11-14-23)15-16-7-3-2-4-8-16/h2-9,12,17H,10-11,13-15H2,1H3. The lowest BCUT2D eigenvalue weighted by atomic mass is 9.90. The van der Waals surface area contributed by atoms with Crippen LogP contribution in [0.3, 0.4) is 0 Å². The molecule has 0 bridgehead atoms. The van der Waals surface area contributed by atoms with Gasteiger partial charge < -0.3 is 4.90 Å². The fourth-order valence-corrected chi connectivity index (χ4v) is 4.64. The van der Waals surface area contributed by atoms with E-state index in [2.05, 4.69) is 29.2 Å². The summed E-state index contributed by atoms with van der Waals surface area (Å²) in [4.78, 5) is 19.1. The van der Waals surface area contributed by atoms with Gasteiger partial charge in [0.05, 0.1) is 5.52 Å². The largest absolute Gasteiger partial charge is 0.337 e. The van der Waals surface area contributed by atoms with E-state index >= 15 is 0 Å². The summed E-state index contributed by atoms with van der Waals surface area (Å²) in [5.41, 5.74) is 2.06. The molecule has 146 valence electrons. The molecule has 1 aliphatic rings. The number of fused-ring (bicyclic) bond motifs is 1. The van der Waals surface area contributed by atoms with Crippen molar-refractivity contribution in [2.75, 3.05) is 19.3 Å². The zero-order chi connectivity index (χ0) is 19.7. The number of imidazole rings is 1. The number of aromatic nitrogens is 2. The van der Waals surface area contributed by atoms with Gasteiger partial charge in [-0.05, 0) is 42.9 Å². The highest BCUT2D eigenvalue weighted by Gasteiger charge is 2.28. The fraction of sp³-hybridized carbons (Fsp3) is 0.333. The molecule has 28 heavy (non-hydrogen) atoms. The lowest BCUT2D eigenvalue weighted by Gasteiger charge is -2.31.